The molecule has 1 rings (SSSR count). The van der Waals surface area contributed by atoms with Crippen LogP contribution in [0.2, 0.25) is 0 Å². The van der Waals surface area contributed by atoms with Crippen molar-refractivity contribution in [2.45, 2.75) is 13.3 Å². The minimum Gasteiger partial charge on any atom is -0.494 e. The molecule has 0 saturated heterocycles. The first-order valence-electron chi connectivity index (χ1n) is 6.04. The van der Waals surface area contributed by atoms with Crippen molar-refractivity contribution in [2.24, 2.45) is 10.7 Å². The van der Waals surface area contributed by atoms with Gasteiger partial charge in [0, 0.05) is 6.54 Å². The molecule has 19 heavy (non-hydrogen) atoms. The zero-order valence-electron chi connectivity index (χ0n) is 11.3. The maximum atomic E-state index is 5.67. The summed E-state index contributed by atoms with van der Waals surface area (Å²) in [6.07, 6.45) is 0.873. The van der Waals surface area contributed by atoms with E-state index in [1.807, 2.05) is 37.3 Å². The molecule has 0 heterocycles. The highest BCUT2D eigenvalue weighted by molar-refractivity contribution is 14.0. The summed E-state index contributed by atoms with van der Waals surface area (Å²) in [5, 5.41) is 3.03. The fourth-order valence-electron chi connectivity index (χ4n) is 1.27. The lowest BCUT2D eigenvalue weighted by molar-refractivity contribution is 0.311. The predicted octanol–water partition coefficient (Wildman–Crippen LogP) is 2.55. The molecular weight excluding hydrogens is 353 g/mol. The van der Waals surface area contributed by atoms with E-state index in [1.165, 1.54) is 0 Å². The molecule has 4 nitrogen and oxygen atoms in total. The molecule has 0 unspecified atom stereocenters. The number of rotatable bonds is 7. The van der Waals surface area contributed by atoms with Crippen LogP contribution in [0.25, 0.3) is 0 Å². The maximum absolute atomic E-state index is 5.67. The molecule has 0 bridgehead atoms. The topological polar surface area (TPSA) is 59.6 Å². The van der Waals surface area contributed by atoms with Crippen molar-refractivity contribution in [1.29, 1.82) is 0 Å². The Hall–Kier alpha value is -1.24. The van der Waals surface area contributed by atoms with E-state index in [9.17, 15) is 0 Å². The lowest BCUT2D eigenvalue weighted by atomic mass is 10.3. The van der Waals surface area contributed by atoms with Crippen molar-refractivity contribution in [3.05, 3.63) is 42.5 Å². The van der Waals surface area contributed by atoms with Gasteiger partial charge in [0.25, 0.3) is 0 Å². The number of guanidine groups is 1. The molecule has 0 atom stereocenters. The summed E-state index contributed by atoms with van der Waals surface area (Å²) in [7, 11) is 0. The summed E-state index contributed by atoms with van der Waals surface area (Å²) >= 11 is 0. The first-order valence-corrected chi connectivity index (χ1v) is 6.04. The molecule has 0 aliphatic carbocycles. The van der Waals surface area contributed by atoms with Crippen molar-refractivity contribution < 1.29 is 4.74 Å². The van der Waals surface area contributed by atoms with Gasteiger partial charge in [0.2, 0.25) is 0 Å². The zero-order valence-corrected chi connectivity index (χ0v) is 13.6. The van der Waals surface area contributed by atoms with Crippen LogP contribution in [0, 0.1) is 0 Å². The summed E-state index contributed by atoms with van der Waals surface area (Å²) < 4.78 is 5.55. The van der Waals surface area contributed by atoms with Gasteiger partial charge in [0.15, 0.2) is 5.96 Å². The number of hydrogen-bond donors (Lipinski definition) is 2. The van der Waals surface area contributed by atoms with Gasteiger partial charge in [-0.25, -0.2) is 4.99 Å². The smallest absolute Gasteiger partial charge is 0.188 e. The van der Waals surface area contributed by atoms with Crippen LogP contribution in [-0.2, 0) is 0 Å². The first kappa shape index (κ1) is 17.8. The fourth-order valence-corrected chi connectivity index (χ4v) is 1.27. The highest BCUT2D eigenvalue weighted by atomic mass is 127. The molecule has 0 amide bonds. The van der Waals surface area contributed by atoms with Crippen LogP contribution in [0.3, 0.4) is 0 Å². The highest BCUT2D eigenvalue weighted by Gasteiger charge is 1.93. The van der Waals surface area contributed by atoms with Crippen molar-refractivity contribution in [3.8, 4) is 5.75 Å². The van der Waals surface area contributed by atoms with E-state index in [1.54, 1.807) is 0 Å². The molecule has 0 saturated carbocycles. The summed E-state index contributed by atoms with van der Waals surface area (Å²) in [6, 6.07) is 9.76. The molecule has 0 aromatic heterocycles. The van der Waals surface area contributed by atoms with Crippen LogP contribution in [0.5, 0.6) is 5.75 Å². The van der Waals surface area contributed by atoms with Crippen LogP contribution in [-0.4, -0.2) is 25.7 Å². The van der Waals surface area contributed by atoms with E-state index >= 15 is 0 Å². The Balaban J connectivity index is 0.00000324. The van der Waals surface area contributed by atoms with E-state index in [2.05, 4.69) is 16.9 Å². The monoisotopic (exact) mass is 375 g/mol. The van der Waals surface area contributed by atoms with E-state index in [0.717, 1.165) is 24.3 Å². The Morgan fingerprint density at radius 3 is 2.68 bits per heavy atom. The third-order valence-electron chi connectivity index (χ3n) is 2.16. The third-order valence-corrected chi connectivity index (χ3v) is 2.16. The summed E-state index contributed by atoms with van der Waals surface area (Å²) in [6.45, 7) is 7.66. The van der Waals surface area contributed by atoms with Gasteiger partial charge in [-0.2, -0.15) is 0 Å². The zero-order chi connectivity index (χ0) is 13.2. The van der Waals surface area contributed by atoms with E-state index in [4.69, 9.17) is 10.5 Å². The molecule has 0 aliphatic heterocycles. The van der Waals surface area contributed by atoms with Gasteiger partial charge in [-0.3, -0.25) is 0 Å². The normalized spacial score (nSPS) is 10.5. The van der Waals surface area contributed by atoms with Crippen LogP contribution < -0.4 is 15.8 Å². The number of ether oxygens (including phenoxy) is 1. The molecule has 1 aromatic rings. The SMILES string of the molecule is C=C(C)CN=C(N)NCCCOc1ccccc1.I. The fraction of sp³-hybridized carbons (Fsp3) is 0.357. The van der Waals surface area contributed by atoms with Crippen LogP contribution in [0.1, 0.15) is 13.3 Å². The van der Waals surface area contributed by atoms with Gasteiger partial charge < -0.3 is 15.8 Å². The van der Waals surface area contributed by atoms with Crippen molar-refractivity contribution in [1.82, 2.24) is 5.32 Å². The van der Waals surface area contributed by atoms with Gasteiger partial charge in [-0.15, -0.1) is 24.0 Å². The number of nitrogens with zero attached hydrogens (tertiary/aromatic N) is 1. The van der Waals surface area contributed by atoms with Gasteiger partial charge in [-0.05, 0) is 25.5 Å². The Morgan fingerprint density at radius 1 is 1.37 bits per heavy atom. The number of aliphatic imine (C=N–C) groups is 1. The Kier molecular flexibility index (Phi) is 9.97. The lowest BCUT2D eigenvalue weighted by Crippen LogP contribution is -2.33. The molecule has 0 radical (unpaired) electrons. The Bertz CT molecular complexity index is 393. The van der Waals surface area contributed by atoms with Gasteiger partial charge in [-0.1, -0.05) is 30.4 Å². The molecular formula is C14H22IN3O. The summed E-state index contributed by atoms with van der Waals surface area (Å²) in [4.78, 5) is 4.12. The quantitative estimate of drug-likeness (QED) is 0.253. The van der Waals surface area contributed by atoms with Crippen molar-refractivity contribution in [3.63, 3.8) is 0 Å². The maximum Gasteiger partial charge on any atom is 0.188 e. The Morgan fingerprint density at radius 2 is 2.05 bits per heavy atom. The van der Waals surface area contributed by atoms with Crippen molar-refractivity contribution >= 4 is 29.9 Å². The predicted molar refractivity (Wildman–Crippen MR) is 91.3 cm³/mol. The summed E-state index contributed by atoms with van der Waals surface area (Å²) in [5.41, 5.74) is 6.67. The van der Waals surface area contributed by atoms with Crippen molar-refractivity contribution in [2.75, 3.05) is 19.7 Å². The first-order chi connectivity index (χ1) is 8.68. The molecule has 0 fully saturated rings. The van der Waals surface area contributed by atoms with E-state index in [0.29, 0.717) is 19.1 Å². The second-order valence-corrected chi connectivity index (χ2v) is 4.10. The highest BCUT2D eigenvalue weighted by Crippen LogP contribution is 2.07. The largest absolute Gasteiger partial charge is 0.494 e. The minimum absolute atomic E-state index is 0. The third kappa shape index (κ3) is 9.35. The van der Waals surface area contributed by atoms with Crippen LogP contribution in [0.15, 0.2) is 47.5 Å². The molecule has 3 N–H and O–H groups in total. The van der Waals surface area contributed by atoms with E-state index in [-0.39, 0.29) is 24.0 Å². The molecule has 0 aliphatic rings. The lowest BCUT2D eigenvalue weighted by Gasteiger charge is -2.07. The van der Waals surface area contributed by atoms with Gasteiger partial charge in [0.05, 0.1) is 13.2 Å². The number of benzene rings is 1. The molecule has 5 heteroatoms. The number of nitrogens with two attached hydrogens (primary N) is 1. The Labute approximate surface area is 132 Å². The standard InChI is InChI=1S/C14H21N3O.HI/c1-12(2)11-17-14(15)16-9-6-10-18-13-7-4-3-5-8-13;/h3-5,7-8H,1,6,9-11H2,2H3,(H3,15,16,17);1H. The molecule has 0 spiro atoms. The minimum atomic E-state index is 0. The van der Waals surface area contributed by atoms with Gasteiger partial charge in [0.1, 0.15) is 5.75 Å². The van der Waals surface area contributed by atoms with Crippen LogP contribution >= 0.6 is 24.0 Å². The number of nitrogens with one attached hydrogen (secondary N) is 1. The average Bonchev–Trinajstić information content (AvgIpc) is 2.37. The van der Waals surface area contributed by atoms with Gasteiger partial charge >= 0.3 is 0 Å². The number of para-hydroxylation sites is 1. The average molecular weight is 375 g/mol. The number of halogens is 1. The number of hydrogen-bond acceptors (Lipinski definition) is 2. The second-order valence-electron chi connectivity index (χ2n) is 4.10. The van der Waals surface area contributed by atoms with Crippen LogP contribution in [0.4, 0.5) is 0 Å². The summed E-state index contributed by atoms with van der Waals surface area (Å²) in [5.74, 6) is 1.35. The van der Waals surface area contributed by atoms with E-state index < -0.39 is 0 Å². The molecule has 106 valence electrons. The second kappa shape index (κ2) is 10.7. The molecule has 1 aromatic carbocycles.